The van der Waals surface area contributed by atoms with E-state index in [0.717, 1.165) is 56.0 Å². The molecular weight excluding hydrogens is 443 g/mol. The van der Waals surface area contributed by atoms with E-state index in [0.29, 0.717) is 0 Å². The number of rotatable bonds is 12. The Morgan fingerprint density at radius 2 is 1.31 bits per heavy atom. The van der Waals surface area contributed by atoms with Crippen LogP contribution in [0.15, 0.2) is 48.5 Å². The second-order valence-corrected chi connectivity index (χ2v) is 11.7. The maximum atomic E-state index is 12.4. The van der Waals surface area contributed by atoms with Gasteiger partial charge < -0.3 is 4.74 Å². The van der Waals surface area contributed by atoms with Crippen molar-refractivity contribution in [1.29, 1.82) is 0 Å². The van der Waals surface area contributed by atoms with Crippen LogP contribution in [0.4, 0.5) is 4.39 Å². The molecule has 2 aliphatic rings. The second-order valence-electron chi connectivity index (χ2n) is 11.7. The summed E-state index contributed by atoms with van der Waals surface area (Å²) < 4.78 is 18.1. The number of ether oxygens (including phenoxy) is 1. The van der Waals surface area contributed by atoms with Gasteiger partial charge in [0.2, 0.25) is 0 Å². The zero-order valence-electron chi connectivity index (χ0n) is 22.9. The molecule has 2 aromatic rings. The summed E-state index contributed by atoms with van der Waals surface area (Å²) in [4.78, 5) is 0. The van der Waals surface area contributed by atoms with Gasteiger partial charge in [-0.1, -0.05) is 74.2 Å². The number of alkyl halides is 1. The Bertz CT molecular complexity index is 857. The molecule has 1 nitrogen and oxygen atoms in total. The summed E-state index contributed by atoms with van der Waals surface area (Å²) in [5.41, 5.74) is 5.67. The lowest BCUT2D eigenvalue weighted by Gasteiger charge is -2.38. The summed E-state index contributed by atoms with van der Waals surface area (Å²) in [6.07, 6.45) is 16.7. The standard InChI is InChI=1S/C34H49FO/c1-3-36-26(2)30-15-9-28(10-16-30)7-8-29-13-19-32(20-14-29)34-23-21-33(22-24-34)31-17-11-27(12-18-31)6-4-5-25-35/h9-10,13-16,19-20,26-27,31,33-34H,3-8,11-12,17-18,21-25H2,1-2H3/t26?,27-,31-,33?,34?. The minimum absolute atomic E-state index is 0.134. The van der Waals surface area contributed by atoms with Gasteiger partial charge in [-0.2, -0.15) is 0 Å². The first kappa shape index (κ1) is 27.4. The van der Waals surface area contributed by atoms with Gasteiger partial charge in [0.05, 0.1) is 12.8 Å². The van der Waals surface area contributed by atoms with Crippen molar-refractivity contribution in [2.24, 2.45) is 17.8 Å². The fourth-order valence-electron chi connectivity index (χ4n) is 6.95. The van der Waals surface area contributed by atoms with E-state index in [-0.39, 0.29) is 12.8 Å². The zero-order chi connectivity index (χ0) is 25.2. The van der Waals surface area contributed by atoms with Crippen molar-refractivity contribution < 1.29 is 9.13 Å². The van der Waals surface area contributed by atoms with Gasteiger partial charge in [0.25, 0.3) is 0 Å². The van der Waals surface area contributed by atoms with Crippen LogP contribution < -0.4 is 0 Å². The molecule has 2 heteroatoms. The second kappa shape index (κ2) is 14.3. The van der Waals surface area contributed by atoms with Crippen molar-refractivity contribution in [2.75, 3.05) is 13.3 Å². The summed E-state index contributed by atoms with van der Waals surface area (Å²) in [5, 5.41) is 0. The highest BCUT2D eigenvalue weighted by Gasteiger charge is 2.31. The highest BCUT2D eigenvalue weighted by molar-refractivity contribution is 5.28. The Kier molecular flexibility index (Phi) is 10.9. The fourth-order valence-corrected chi connectivity index (χ4v) is 6.95. The Balaban J connectivity index is 1.18. The molecular formula is C34H49FO. The number of unbranched alkanes of at least 4 members (excludes halogenated alkanes) is 1. The van der Waals surface area contributed by atoms with Crippen molar-refractivity contribution in [1.82, 2.24) is 0 Å². The van der Waals surface area contributed by atoms with Crippen LogP contribution >= 0.6 is 0 Å². The first-order valence-corrected chi connectivity index (χ1v) is 15.0. The highest BCUT2D eigenvalue weighted by Crippen LogP contribution is 2.44. The van der Waals surface area contributed by atoms with Crippen LogP contribution in [-0.4, -0.2) is 13.3 Å². The topological polar surface area (TPSA) is 9.23 Å². The molecule has 0 amide bonds. The fraction of sp³-hybridized carbons (Fsp3) is 0.647. The monoisotopic (exact) mass is 492 g/mol. The molecule has 2 fully saturated rings. The van der Waals surface area contributed by atoms with Gasteiger partial charge in [-0.05, 0) is 118 Å². The molecule has 2 aromatic carbocycles. The van der Waals surface area contributed by atoms with Crippen LogP contribution in [0.1, 0.15) is 119 Å². The van der Waals surface area contributed by atoms with Crippen LogP contribution in [0.25, 0.3) is 0 Å². The molecule has 0 N–H and O–H groups in total. The largest absolute Gasteiger partial charge is 0.374 e. The van der Waals surface area contributed by atoms with Gasteiger partial charge in [0.15, 0.2) is 0 Å². The van der Waals surface area contributed by atoms with E-state index in [2.05, 4.69) is 55.5 Å². The van der Waals surface area contributed by atoms with Gasteiger partial charge in [0.1, 0.15) is 0 Å². The third-order valence-corrected chi connectivity index (χ3v) is 9.35. The normalized spacial score (nSPS) is 25.5. The average molecular weight is 493 g/mol. The minimum atomic E-state index is -0.134. The van der Waals surface area contributed by atoms with E-state index in [1.54, 1.807) is 5.56 Å². The lowest BCUT2D eigenvalue weighted by molar-refractivity contribution is 0.0764. The molecule has 0 aromatic heterocycles. The number of halogens is 1. The molecule has 0 bridgehead atoms. The smallest absolute Gasteiger partial charge is 0.0894 e. The van der Waals surface area contributed by atoms with Gasteiger partial charge >= 0.3 is 0 Å². The molecule has 0 saturated heterocycles. The van der Waals surface area contributed by atoms with Crippen LogP contribution in [0.3, 0.4) is 0 Å². The van der Waals surface area contributed by atoms with Gasteiger partial charge in [-0.25, -0.2) is 0 Å². The first-order valence-electron chi connectivity index (χ1n) is 15.0. The van der Waals surface area contributed by atoms with Crippen LogP contribution in [0.2, 0.25) is 0 Å². The molecule has 0 spiro atoms. The summed E-state index contributed by atoms with van der Waals surface area (Å²) in [7, 11) is 0. The molecule has 36 heavy (non-hydrogen) atoms. The van der Waals surface area contributed by atoms with Gasteiger partial charge in [0, 0.05) is 6.61 Å². The molecule has 0 heterocycles. The quantitative estimate of drug-likeness (QED) is 0.268. The third kappa shape index (κ3) is 7.91. The Hall–Kier alpha value is -1.67. The average Bonchev–Trinajstić information content (AvgIpc) is 2.93. The van der Waals surface area contributed by atoms with Crippen molar-refractivity contribution in [3.05, 3.63) is 70.8 Å². The van der Waals surface area contributed by atoms with Crippen molar-refractivity contribution in [2.45, 2.75) is 109 Å². The number of benzene rings is 2. The zero-order valence-corrected chi connectivity index (χ0v) is 22.9. The Morgan fingerprint density at radius 3 is 1.86 bits per heavy atom. The SMILES string of the molecule is CCOC(C)c1ccc(CCc2ccc(C3CCC([C@H]4CC[C@H](CCCCF)CC4)CC3)cc2)cc1. The summed E-state index contributed by atoms with van der Waals surface area (Å²) >= 11 is 0. The molecule has 2 saturated carbocycles. The van der Waals surface area contributed by atoms with Gasteiger partial charge in [-0.15, -0.1) is 0 Å². The Labute approximate surface area is 220 Å². The molecule has 1 atom stereocenters. The number of hydrogen-bond acceptors (Lipinski definition) is 1. The van der Waals surface area contributed by atoms with Crippen molar-refractivity contribution in [3.8, 4) is 0 Å². The van der Waals surface area contributed by atoms with Crippen molar-refractivity contribution in [3.63, 3.8) is 0 Å². The van der Waals surface area contributed by atoms with E-state index >= 15 is 0 Å². The van der Waals surface area contributed by atoms with E-state index in [1.165, 1.54) is 74.5 Å². The van der Waals surface area contributed by atoms with E-state index < -0.39 is 0 Å². The molecule has 0 aliphatic heterocycles. The predicted molar refractivity (Wildman–Crippen MR) is 150 cm³/mol. The van der Waals surface area contributed by atoms with Crippen LogP contribution in [-0.2, 0) is 17.6 Å². The third-order valence-electron chi connectivity index (χ3n) is 9.35. The molecule has 0 radical (unpaired) electrons. The number of aryl methyl sites for hydroxylation is 2. The number of hydrogen-bond donors (Lipinski definition) is 0. The van der Waals surface area contributed by atoms with Crippen LogP contribution in [0.5, 0.6) is 0 Å². The molecule has 198 valence electrons. The maximum absolute atomic E-state index is 12.4. The van der Waals surface area contributed by atoms with Gasteiger partial charge in [-0.3, -0.25) is 4.39 Å². The summed E-state index contributed by atoms with van der Waals surface area (Å²) in [6, 6.07) is 18.5. The van der Waals surface area contributed by atoms with E-state index in [4.69, 9.17) is 4.74 Å². The predicted octanol–water partition coefficient (Wildman–Crippen LogP) is 9.79. The highest BCUT2D eigenvalue weighted by atomic mass is 19.1. The summed E-state index contributed by atoms with van der Waals surface area (Å²) in [5.74, 6) is 3.55. The molecule has 1 unspecified atom stereocenters. The maximum Gasteiger partial charge on any atom is 0.0894 e. The minimum Gasteiger partial charge on any atom is -0.374 e. The molecule has 4 rings (SSSR count). The van der Waals surface area contributed by atoms with E-state index in [1.807, 2.05) is 6.92 Å². The lowest BCUT2D eigenvalue weighted by Crippen LogP contribution is -2.25. The Morgan fingerprint density at radius 1 is 0.750 bits per heavy atom. The molecule has 2 aliphatic carbocycles. The van der Waals surface area contributed by atoms with E-state index in [9.17, 15) is 4.39 Å². The van der Waals surface area contributed by atoms with Crippen LogP contribution in [0, 0.1) is 17.8 Å². The summed E-state index contributed by atoms with van der Waals surface area (Å²) in [6.45, 7) is 4.79. The lowest BCUT2D eigenvalue weighted by atomic mass is 9.68. The van der Waals surface area contributed by atoms with Crippen molar-refractivity contribution >= 4 is 0 Å². The first-order chi connectivity index (χ1) is 17.7.